The van der Waals surface area contributed by atoms with Gasteiger partial charge >= 0.3 is 5.97 Å². The molecule has 1 aromatic rings. The Morgan fingerprint density at radius 2 is 1.91 bits per heavy atom. The predicted octanol–water partition coefficient (Wildman–Crippen LogP) is 2.51. The summed E-state index contributed by atoms with van der Waals surface area (Å²) in [7, 11) is 0. The summed E-state index contributed by atoms with van der Waals surface area (Å²) in [5.41, 5.74) is 0.583. The number of hydrogen-bond acceptors (Lipinski definition) is 4. The fraction of sp³-hybridized carbons (Fsp3) is 0.333. The number of anilines is 1. The summed E-state index contributed by atoms with van der Waals surface area (Å²) in [6.07, 6.45) is 4.08. The molecule has 0 bridgehead atoms. The molecule has 1 aliphatic rings. The van der Waals surface area contributed by atoms with Gasteiger partial charge in [-0.2, -0.15) is 0 Å². The lowest BCUT2D eigenvalue weighted by Gasteiger charge is -2.24. The van der Waals surface area contributed by atoms with Crippen molar-refractivity contribution >= 4 is 23.3 Å². The summed E-state index contributed by atoms with van der Waals surface area (Å²) in [5, 5.41) is 22.7. The number of aryl methyl sites for hydroxylation is 1. The van der Waals surface area contributed by atoms with Gasteiger partial charge in [0.25, 0.3) is 5.69 Å². The lowest BCUT2D eigenvalue weighted by Crippen LogP contribution is -2.34. The summed E-state index contributed by atoms with van der Waals surface area (Å²) in [5.74, 6) is -3.09. The minimum Gasteiger partial charge on any atom is -0.481 e. The number of nitro groups is 1. The Hall–Kier alpha value is -2.70. The van der Waals surface area contributed by atoms with E-state index < -0.39 is 28.6 Å². The fourth-order valence-corrected chi connectivity index (χ4v) is 2.50. The summed E-state index contributed by atoms with van der Waals surface area (Å²) < 4.78 is 0. The van der Waals surface area contributed by atoms with E-state index in [1.54, 1.807) is 25.1 Å². The van der Waals surface area contributed by atoms with Gasteiger partial charge < -0.3 is 10.4 Å². The number of nitrogens with one attached hydrogen (secondary N) is 1. The minimum atomic E-state index is -1.04. The standard InChI is InChI=1S/C15H16N2O5/c1-9-6-7-12(13(8-9)17(21)22)16-14(18)10-4-2-3-5-11(10)15(19)20/h2-3,6-8,10-11H,4-5H2,1H3,(H,16,18)(H,19,20)/t10-,11+/m0/s1. The summed E-state index contributed by atoms with van der Waals surface area (Å²) >= 11 is 0. The van der Waals surface area contributed by atoms with Gasteiger partial charge in [-0.3, -0.25) is 19.7 Å². The predicted molar refractivity (Wildman–Crippen MR) is 79.5 cm³/mol. The van der Waals surface area contributed by atoms with Crippen LogP contribution in [-0.4, -0.2) is 21.9 Å². The number of hydrogen-bond donors (Lipinski definition) is 2. The Morgan fingerprint density at radius 3 is 2.50 bits per heavy atom. The van der Waals surface area contributed by atoms with Crippen LogP contribution in [0.1, 0.15) is 18.4 Å². The molecule has 0 saturated carbocycles. The van der Waals surface area contributed by atoms with Gasteiger partial charge in [-0.15, -0.1) is 0 Å². The molecule has 0 aromatic heterocycles. The van der Waals surface area contributed by atoms with Gasteiger partial charge in [0.1, 0.15) is 5.69 Å². The number of carboxylic acids is 1. The van der Waals surface area contributed by atoms with Crippen LogP contribution in [-0.2, 0) is 9.59 Å². The number of benzene rings is 1. The summed E-state index contributed by atoms with van der Waals surface area (Å²) in [6, 6.07) is 4.48. The summed E-state index contributed by atoms with van der Waals surface area (Å²) in [6.45, 7) is 1.71. The lowest BCUT2D eigenvalue weighted by atomic mass is 9.82. The van der Waals surface area contributed by atoms with Crippen molar-refractivity contribution < 1.29 is 19.6 Å². The molecule has 22 heavy (non-hydrogen) atoms. The largest absolute Gasteiger partial charge is 0.481 e. The highest BCUT2D eigenvalue weighted by atomic mass is 16.6. The van der Waals surface area contributed by atoms with Gasteiger partial charge in [0.05, 0.1) is 16.8 Å². The van der Waals surface area contributed by atoms with Crippen LogP contribution < -0.4 is 5.32 Å². The molecule has 2 N–H and O–H groups in total. The average molecular weight is 304 g/mol. The van der Waals surface area contributed by atoms with Gasteiger partial charge in [-0.05, 0) is 31.4 Å². The zero-order valence-corrected chi connectivity index (χ0v) is 12.0. The first-order chi connectivity index (χ1) is 10.4. The van der Waals surface area contributed by atoms with Crippen LogP contribution in [0.2, 0.25) is 0 Å². The highest BCUT2D eigenvalue weighted by Gasteiger charge is 2.34. The highest BCUT2D eigenvalue weighted by molar-refractivity contribution is 5.97. The van der Waals surface area contributed by atoms with Gasteiger partial charge in [-0.25, -0.2) is 0 Å². The molecule has 1 aromatic carbocycles. The number of carboxylic acid groups (broad SMARTS) is 1. The maximum absolute atomic E-state index is 12.3. The van der Waals surface area contributed by atoms with E-state index in [-0.39, 0.29) is 17.8 Å². The topological polar surface area (TPSA) is 110 Å². The molecule has 0 unspecified atom stereocenters. The number of allylic oxidation sites excluding steroid dienone is 2. The second-order valence-electron chi connectivity index (χ2n) is 5.26. The Balaban J connectivity index is 2.23. The van der Waals surface area contributed by atoms with E-state index in [1.807, 2.05) is 0 Å². The van der Waals surface area contributed by atoms with E-state index in [0.717, 1.165) is 0 Å². The van der Waals surface area contributed by atoms with E-state index in [9.17, 15) is 24.8 Å². The van der Waals surface area contributed by atoms with E-state index in [2.05, 4.69) is 5.32 Å². The van der Waals surface area contributed by atoms with E-state index >= 15 is 0 Å². The highest BCUT2D eigenvalue weighted by Crippen LogP contribution is 2.30. The first-order valence-electron chi connectivity index (χ1n) is 6.84. The smallest absolute Gasteiger partial charge is 0.307 e. The first kappa shape index (κ1) is 15.7. The maximum Gasteiger partial charge on any atom is 0.307 e. The first-order valence-corrected chi connectivity index (χ1v) is 6.84. The Bertz CT molecular complexity index is 653. The van der Waals surface area contributed by atoms with Crippen LogP contribution in [0.4, 0.5) is 11.4 Å². The van der Waals surface area contributed by atoms with Crippen molar-refractivity contribution in [2.75, 3.05) is 5.32 Å². The molecule has 2 atom stereocenters. The molecule has 7 heteroatoms. The quantitative estimate of drug-likeness (QED) is 0.504. The molecular formula is C15H16N2O5. The van der Waals surface area contributed by atoms with Crippen molar-refractivity contribution in [2.24, 2.45) is 11.8 Å². The Kier molecular flexibility index (Phi) is 4.55. The third kappa shape index (κ3) is 3.30. The molecule has 116 valence electrons. The van der Waals surface area contributed by atoms with Crippen molar-refractivity contribution in [2.45, 2.75) is 19.8 Å². The number of rotatable bonds is 4. The second-order valence-corrected chi connectivity index (χ2v) is 5.26. The number of carbonyl (C=O) groups excluding carboxylic acids is 1. The number of carbonyl (C=O) groups is 2. The average Bonchev–Trinajstić information content (AvgIpc) is 2.48. The molecule has 0 spiro atoms. The Morgan fingerprint density at radius 1 is 1.27 bits per heavy atom. The van der Waals surface area contributed by atoms with Crippen molar-refractivity contribution in [3.63, 3.8) is 0 Å². The molecule has 0 aliphatic heterocycles. The number of aliphatic carboxylic acids is 1. The molecular weight excluding hydrogens is 288 g/mol. The van der Waals surface area contributed by atoms with Crippen molar-refractivity contribution in [1.29, 1.82) is 0 Å². The second kappa shape index (κ2) is 6.38. The van der Waals surface area contributed by atoms with Gasteiger partial charge in [0.15, 0.2) is 0 Å². The molecule has 1 aliphatic carbocycles. The van der Waals surface area contributed by atoms with Crippen LogP contribution in [0.3, 0.4) is 0 Å². The third-order valence-corrected chi connectivity index (χ3v) is 3.69. The molecule has 1 amide bonds. The molecule has 0 fully saturated rings. The fourth-order valence-electron chi connectivity index (χ4n) is 2.50. The maximum atomic E-state index is 12.3. The SMILES string of the molecule is Cc1ccc(NC(=O)[C@H]2CC=CC[C@H]2C(=O)O)c([N+](=O)[O-])c1. The van der Waals surface area contributed by atoms with Crippen LogP contribution in [0.15, 0.2) is 30.4 Å². The van der Waals surface area contributed by atoms with E-state index in [4.69, 9.17) is 0 Å². The molecule has 0 radical (unpaired) electrons. The number of nitrogens with zero attached hydrogens (tertiary/aromatic N) is 1. The minimum absolute atomic E-state index is 0.0827. The van der Waals surface area contributed by atoms with Crippen molar-refractivity contribution in [1.82, 2.24) is 0 Å². The lowest BCUT2D eigenvalue weighted by molar-refractivity contribution is -0.384. The summed E-state index contributed by atoms with van der Waals surface area (Å²) in [4.78, 5) is 34.0. The van der Waals surface area contributed by atoms with Crippen LogP contribution in [0.25, 0.3) is 0 Å². The van der Waals surface area contributed by atoms with Gasteiger partial charge in [0, 0.05) is 6.07 Å². The number of amides is 1. The van der Waals surface area contributed by atoms with Crippen LogP contribution in [0, 0.1) is 28.9 Å². The molecule has 0 saturated heterocycles. The van der Waals surface area contributed by atoms with Gasteiger partial charge in [0.2, 0.25) is 5.91 Å². The van der Waals surface area contributed by atoms with Crippen LogP contribution >= 0.6 is 0 Å². The monoisotopic (exact) mass is 304 g/mol. The normalized spacial score (nSPS) is 20.4. The van der Waals surface area contributed by atoms with E-state index in [0.29, 0.717) is 12.0 Å². The molecule has 0 heterocycles. The van der Waals surface area contributed by atoms with Crippen molar-refractivity contribution in [3.8, 4) is 0 Å². The van der Waals surface area contributed by atoms with Crippen molar-refractivity contribution in [3.05, 3.63) is 46.0 Å². The number of nitro benzene ring substituents is 1. The molecule has 7 nitrogen and oxygen atoms in total. The molecule has 2 rings (SSSR count). The Labute approximate surface area is 126 Å². The van der Waals surface area contributed by atoms with Gasteiger partial charge in [-0.1, -0.05) is 18.2 Å². The third-order valence-electron chi connectivity index (χ3n) is 3.69. The van der Waals surface area contributed by atoms with E-state index in [1.165, 1.54) is 12.1 Å². The van der Waals surface area contributed by atoms with Crippen LogP contribution in [0.5, 0.6) is 0 Å². The zero-order chi connectivity index (χ0) is 16.3. The zero-order valence-electron chi connectivity index (χ0n) is 12.0.